The van der Waals surface area contributed by atoms with Crippen molar-refractivity contribution in [2.45, 2.75) is 57.4 Å². The molecule has 4 rings (SSSR count). The standard InChI is InChI=1S/C31H41Cl2FN4O2/c1-21(20-36(2)3)16-24-17-25(32)7-9-27(24)22-10-14-37(15-11-22)30(39)29(35-31(40)38-12-4-5-13-38)18-23-6-8-26(34)19-28(23)33/h6-9,17,19,21-22,29H,4-5,10-16,18,20H2,1-3H3,(H,35,40)/t21-,29+/m0/s1. The molecule has 0 aromatic heterocycles. The minimum Gasteiger partial charge on any atom is -0.341 e. The van der Waals surface area contributed by atoms with E-state index >= 15 is 0 Å². The predicted molar refractivity (Wildman–Crippen MR) is 160 cm³/mol. The number of nitrogens with zero attached hydrogens (tertiary/aromatic N) is 3. The van der Waals surface area contributed by atoms with E-state index in [-0.39, 0.29) is 23.4 Å². The summed E-state index contributed by atoms with van der Waals surface area (Å²) < 4.78 is 13.7. The van der Waals surface area contributed by atoms with Crippen molar-refractivity contribution in [1.82, 2.24) is 20.0 Å². The first-order valence-corrected chi connectivity index (χ1v) is 15.1. The highest BCUT2D eigenvalue weighted by Gasteiger charge is 2.32. The van der Waals surface area contributed by atoms with E-state index in [1.54, 1.807) is 11.0 Å². The molecule has 0 aliphatic carbocycles. The van der Waals surface area contributed by atoms with Gasteiger partial charge in [-0.15, -0.1) is 0 Å². The lowest BCUT2D eigenvalue weighted by Gasteiger charge is -2.36. The van der Waals surface area contributed by atoms with Crippen LogP contribution in [0.2, 0.25) is 10.0 Å². The van der Waals surface area contributed by atoms with Crippen molar-refractivity contribution in [3.8, 4) is 0 Å². The van der Waals surface area contributed by atoms with Crippen LogP contribution in [0.3, 0.4) is 0 Å². The number of nitrogens with one attached hydrogen (secondary N) is 1. The summed E-state index contributed by atoms with van der Waals surface area (Å²) in [7, 11) is 4.18. The van der Waals surface area contributed by atoms with E-state index in [1.807, 2.05) is 11.0 Å². The number of halogens is 3. The number of rotatable bonds is 9. The quantitative estimate of drug-likeness (QED) is 0.390. The summed E-state index contributed by atoms with van der Waals surface area (Å²) in [5.74, 6) is 0.277. The van der Waals surface area contributed by atoms with Crippen LogP contribution >= 0.6 is 23.2 Å². The molecule has 1 N–H and O–H groups in total. The Bertz CT molecular complexity index is 1180. The Hall–Kier alpha value is -2.35. The number of amides is 3. The summed E-state index contributed by atoms with van der Waals surface area (Å²) in [6.45, 7) is 5.84. The third-order valence-corrected chi connectivity index (χ3v) is 8.61. The Morgan fingerprint density at radius 1 is 0.975 bits per heavy atom. The molecule has 40 heavy (non-hydrogen) atoms. The number of urea groups is 1. The largest absolute Gasteiger partial charge is 0.341 e. The van der Waals surface area contributed by atoms with Crippen LogP contribution in [0.1, 0.15) is 55.2 Å². The molecule has 2 saturated heterocycles. The van der Waals surface area contributed by atoms with Crippen LogP contribution in [-0.2, 0) is 17.6 Å². The van der Waals surface area contributed by atoms with E-state index in [2.05, 4.69) is 43.4 Å². The van der Waals surface area contributed by atoms with Crippen molar-refractivity contribution in [1.29, 1.82) is 0 Å². The Balaban J connectivity index is 1.45. The van der Waals surface area contributed by atoms with Crippen LogP contribution in [-0.4, -0.2) is 79.5 Å². The van der Waals surface area contributed by atoms with Gasteiger partial charge in [-0.05, 0) is 99.0 Å². The molecule has 2 fully saturated rings. The number of likely N-dealkylation sites (tertiary alicyclic amines) is 2. The Kier molecular flexibility index (Phi) is 10.7. The molecule has 2 aliphatic heterocycles. The van der Waals surface area contributed by atoms with Gasteiger partial charge in [-0.3, -0.25) is 4.79 Å². The zero-order valence-electron chi connectivity index (χ0n) is 23.8. The van der Waals surface area contributed by atoms with Crippen LogP contribution in [0.4, 0.5) is 9.18 Å². The highest BCUT2D eigenvalue weighted by atomic mass is 35.5. The third kappa shape index (κ3) is 8.11. The van der Waals surface area contributed by atoms with Crippen molar-refractivity contribution in [2.24, 2.45) is 5.92 Å². The lowest BCUT2D eigenvalue weighted by atomic mass is 9.84. The summed E-state index contributed by atoms with van der Waals surface area (Å²) in [6, 6.07) is 9.37. The maximum atomic E-state index is 13.8. The van der Waals surface area contributed by atoms with E-state index in [1.165, 1.54) is 23.3 Å². The Morgan fingerprint density at radius 2 is 1.68 bits per heavy atom. The molecule has 0 bridgehead atoms. The van der Waals surface area contributed by atoms with Gasteiger partial charge < -0.3 is 20.0 Å². The van der Waals surface area contributed by atoms with E-state index in [9.17, 15) is 14.0 Å². The predicted octanol–water partition coefficient (Wildman–Crippen LogP) is 6.00. The van der Waals surface area contributed by atoms with Gasteiger partial charge in [0.1, 0.15) is 11.9 Å². The Morgan fingerprint density at radius 3 is 2.33 bits per heavy atom. The minimum absolute atomic E-state index is 0.123. The maximum absolute atomic E-state index is 13.8. The molecule has 2 aliphatic rings. The van der Waals surface area contributed by atoms with Crippen molar-refractivity contribution in [2.75, 3.05) is 46.8 Å². The fourth-order valence-corrected chi connectivity index (χ4v) is 6.55. The lowest BCUT2D eigenvalue weighted by Crippen LogP contribution is -2.54. The van der Waals surface area contributed by atoms with Gasteiger partial charge in [0.2, 0.25) is 5.91 Å². The third-order valence-electron chi connectivity index (χ3n) is 8.02. The lowest BCUT2D eigenvalue weighted by molar-refractivity contribution is -0.134. The molecule has 2 aromatic rings. The second-order valence-corrected chi connectivity index (χ2v) is 12.5. The normalized spacial score (nSPS) is 17.8. The molecule has 2 atom stereocenters. The van der Waals surface area contributed by atoms with Crippen LogP contribution in [0.5, 0.6) is 0 Å². The molecule has 2 aromatic carbocycles. The van der Waals surface area contributed by atoms with Gasteiger partial charge in [0.05, 0.1) is 0 Å². The van der Waals surface area contributed by atoms with Gasteiger partial charge >= 0.3 is 6.03 Å². The molecular weight excluding hydrogens is 550 g/mol. The first kappa shape index (κ1) is 30.6. The molecule has 0 saturated carbocycles. The van der Waals surface area contributed by atoms with Crippen molar-refractivity contribution in [3.05, 3.63) is 69.0 Å². The smallest absolute Gasteiger partial charge is 0.318 e. The number of hydrogen-bond donors (Lipinski definition) is 1. The molecule has 0 spiro atoms. The van der Waals surface area contributed by atoms with Crippen molar-refractivity contribution in [3.63, 3.8) is 0 Å². The molecule has 3 amide bonds. The van der Waals surface area contributed by atoms with Crippen LogP contribution < -0.4 is 5.32 Å². The highest BCUT2D eigenvalue weighted by Crippen LogP contribution is 2.33. The molecule has 0 radical (unpaired) electrons. The van der Waals surface area contributed by atoms with Crippen molar-refractivity contribution >= 4 is 35.1 Å². The number of carbonyl (C=O) groups is 2. The van der Waals surface area contributed by atoms with Gasteiger partial charge in [0.25, 0.3) is 0 Å². The van der Waals surface area contributed by atoms with Crippen molar-refractivity contribution < 1.29 is 14.0 Å². The van der Waals surface area contributed by atoms with E-state index in [0.717, 1.165) is 43.7 Å². The number of carbonyl (C=O) groups excluding carboxylic acids is 2. The zero-order chi connectivity index (χ0) is 28.8. The SMILES string of the molecule is C[C@@H](Cc1cc(Cl)ccc1C1CCN(C(=O)[C@@H](Cc2ccc(F)cc2Cl)NC(=O)N2CCCC2)CC1)CN(C)C. The molecule has 9 heteroatoms. The van der Waals surface area contributed by atoms with Gasteiger partial charge in [-0.1, -0.05) is 42.3 Å². The Labute approximate surface area is 247 Å². The summed E-state index contributed by atoms with van der Waals surface area (Å²) in [4.78, 5) is 32.6. The number of piperidine rings is 1. The van der Waals surface area contributed by atoms with Gasteiger partial charge in [-0.25, -0.2) is 9.18 Å². The van der Waals surface area contributed by atoms with E-state index in [4.69, 9.17) is 23.2 Å². The second kappa shape index (κ2) is 14.0. The highest BCUT2D eigenvalue weighted by molar-refractivity contribution is 6.31. The maximum Gasteiger partial charge on any atom is 0.318 e. The van der Waals surface area contributed by atoms with E-state index < -0.39 is 11.9 Å². The van der Waals surface area contributed by atoms with Gasteiger partial charge in [-0.2, -0.15) is 0 Å². The van der Waals surface area contributed by atoms with Gasteiger partial charge in [0.15, 0.2) is 0 Å². The average molecular weight is 592 g/mol. The van der Waals surface area contributed by atoms with E-state index in [0.29, 0.717) is 43.6 Å². The first-order valence-electron chi connectivity index (χ1n) is 14.3. The van der Waals surface area contributed by atoms with Crippen LogP contribution in [0, 0.1) is 11.7 Å². The average Bonchev–Trinajstić information content (AvgIpc) is 3.44. The zero-order valence-corrected chi connectivity index (χ0v) is 25.3. The molecule has 2 heterocycles. The molecule has 0 unspecified atom stereocenters. The van der Waals surface area contributed by atoms with Crippen LogP contribution in [0.25, 0.3) is 0 Å². The number of benzene rings is 2. The molecule has 6 nitrogen and oxygen atoms in total. The molecule has 218 valence electrons. The van der Waals surface area contributed by atoms with Gasteiger partial charge in [0, 0.05) is 49.2 Å². The first-order chi connectivity index (χ1) is 19.1. The monoisotopic (exact) mass is 590 g/mol. The minimum atomic E-state index is -0.773. The van der Waals surface area contributed by atoms with Crippen LogP contribution in [0.15, 0.2) is 36.4 Å². The molecular formula is C31H41Cl2FN4O2. The number of hydrogen-bond acceptors (Lipinski definition) is 3. The summed E-state index contributed by atoms with van der Waals surface area (Å²) in [6.07, 6.45) is 4.77. The fourth-order valence-electron chi connectivity index (χ4n) is 6.11. The fraction of sp³-hybridized carbons (Fsp3) is 0.548. The summed E-state index contributed by atoms with van der Waals surface area (Å²) in [5.41, 5.74) is 3.24. The topological polar surface area (TPSA) is 55.9 Å². The summed E-state index contributed by atoms with van der Waals surface area (Å²) in [5, 5.41) is 3.97. The summed E-state index contributed by atoms with van der Waals surface area (Å²) >= 11 is 12.7. The second-order valence-electron chi connectivity index (χ2n) is 11.7.